The van der Waals surface area contributed by atoms with Gasteiger partial charge in [-0.25, -0.2) is 0 Å². The van der Waals surface area contributed by atoms with E-state index in [1.54, 1.807) is 6.66 Å². The summed E-state index contributed by atoms with van der Waals surface area (Å²) in [5.74, 6) is 0. The van der Waals surface area contributed by atoms with Crippen molar-refractivity contribution in [2.45, 2.75) is 12.8 Å². The predicted octanol–water partition coefficient (Wildman–Crippen LogP) is 1.81. The average Bonchev–Trinajstić information content (AvgIpc) is 1.97. The molecule has 0 saturated carbocycles. The van der Waals surface area contributed by atoms with Gasteiger partial charge in [-0.05, 0) is 6.66 Å². The van der Waals surface area contributed by atoms with Crippen molar-refractivity contribution in [1.29, 1.82) is 10.5 Å². The van der Waals surface area contributed by atoms with Crippen LogP contribution in [0.3, 0.4) is 0 Å². The minimum atomic E-state index is -2.17. The van der Waals surface area contributed by atoms with Gasteiger partial charge in [-0.2, -0.15) is 10.5 Å². The van der Waals surface area contributed by atoms with Gasteiger partial charge in [-0.3, -0.25) is 0 Å². The monoisotopic (exact) mass is 170 g/mol. The van der Waals surface area contributed by atoms with Crippen LogP contribution in [0.5, 0.6) is 0 Å². The van der Waals surface area contributed by atoms with Crippen molar-refractivity contribution < 1.29 is 4.57 Å². The summed E-state index contributed by atoms with van der Waals surface area (Å²) in [6, 6.07) is 3.89. The Balaban J connectivity index is 3.75. The Morgan fingerprint density at radius 1 is 1.18 bits per heavy atom. The molecule has 0 aromatic rings. The van der Waals surface area contributed by atoms with Gasteiger partial charge in [0, 0.05) is 25.2 Å². The van der Waals surface area contributed by atoms with E-state index in [9.17, 15) is 4.57 Å². The first-order valence-electron chi connectivity index (χ1n) is 3.42. The average molecular weight is 170 g/mol. The molecule has 0 rings (SSSR count). The molecule has 0 aliphatic heterocycles. The number of rotatable bonds is 4. The molecule has 0 aliphatic rings. The third-order valence-electron chi connectivity index (χ3n) is 1.39. The minimum absolute atomic E-state index is 0.333. The molecule has 4 heteroatoms. The van der Waals surface area contributed by atoms with Gasteiger partial charge in [0.1, 0.15) is 0 Å². The Kier molecular flexibility index (Phi) is 4.59. The first-order valence-corrected chi connectivity index (χ1v) is 5.94. The zero-order chi connectivity index (χ0) is 8.74. The molecule has 0 N–H and O–H groups in total. The van der Waals surface area contributed by atoms with E-state index in [4.69, 9.17) is 10.5 Å². The van der Waals surface area contributed by atoms with Crippen LogP contribution in [0.15, 0.2) is 0 Å². The molecule has 0 heterocycles. The number of nitriles is 2. The van der Waals surface area contributed by atoms with Gasteiger partial charge in [0.05, 0.1) is 19.3 Å². The van der Waals surface area contributed by atoms with E-state index in [0.717, 1.165) is 0 Å². The Bertz CT molecular complexity index is 214. The molecule has 0 aliphatic carbocycles. The molecule has 3 nitrogen and oxygen atoms in total. The number of hydrogen-bond donors (Lipinski definition) is 0. The SMILES string of the molecule is CP(=O)(CCC#N)CCC#N. The van der Waals surface area contributed by atoms with Gasteiger partial charge >= 0.3 is 0 Å². The second kappa shape index (κ2) is 4.94. The molecule has 0 spiro atoms. The van der Waals surface area contributed by atoms with Gasteiger partial charge in [-0.15, -0.1) is 0 Å². The Morgan fingerprint density at radius 2 is 1.55 bits per heavy atom. The Labute approximate surface area is 67.0 Å². The van der Waals surface area contributed by atoms with Crippen LogP contribution in [0.2, 0.25) is 0 Å². The summed E-state index contributed by atoms with van der Waals surface area (Å²) in [6.07, 6.45) is 1.56. The lowest BCUT2D eigenvalue weighted by molar-refractivity contribution is 0.578. The van der Waals surface area contributed by atoms with Crippen LogP contribution in [-0.4, -0.2) is 19.0 Å². The smallest absolute Gasteiger partial charge is 0.0868 e. The molecular weight excluding hydrogens is 159 g/mol. The fraction of sp³-hybridized carbons (Fsp3) is 0.714. The van der Waals surface area contributed by atoms with E-state index < -0.39 is 7.14 Å². The molecule has 0 atom stereocenters. The lowest BCUT2D eigenvalue weighted by Gasteiger charge is -2.06. The van der Waals surface area contributed by atoms with E-state index in [0.29, 0.717) is 25.2 Å². The Hall–Kier alpha value is -0.790. The van der Waals surface area contributed by atoms with Crippen LogP contribution in [0.1, 0.15) is 12.8 Å². The lowest BCUT2D eigenvalue weighted by Crippen LogP contribution is -1.92. The quantitative estimate of drug-likeness (QED) is 0.604. The highest BCUT2D eigenvalue weighted by Crippen LogP contribution is 2.41. The van der Waals surface area contributed by atoms with Gasteiger partial charge in [0.2, 0.25) is 0 Å². The van der Waals surface area contributed by atoms with Crippen molar-refractivity contribution in [2.24, 2.45) is 0 Å². The minimum Gasteiger partial charge on any atom is -0.324 e. The second-order valence-corrected chi connectivity index (χ2v) is 6.05. The van der Waals surface area contributed by atoms with E-state index in [-0.39, 0.29) is 0 Å². The van der Waals surface area contributed by atoms with Crippen molar-refractivity contribution in [3.8, 4) is 12.1 Å². The maximum atomic E-state index is 11.4. The summed E-state index contributed by atoms with van der Waals surface area (Å²) < 4.78 is 11.4. The molecule has 60 valence electrons. The highest BCUT2D eigenvalue weighted by molar-refractivity contribution is 7.63. The molecule has 0 amide bonds. The van der Waals surface area contributed by atoms with Gasteiger partial charge in [0.25, 0.3) is 0 Å². The Morgan fingerprint density at radius 3 is 1.82 bits per heavy atom. The van der Waals surface area contributed by atoms with Crippen molar-refractivity contribution in [3.63, 3.8) is 0 Å². The molecular formula is C7H11N2OP. The van der Waals surface area contributed by atoms with Gasteiger partial charge < -0.3 is 4.57 Å². The van der Waals surface area contributed by atoms with Crippen molar-refractivity contribution >= 4 is 7.14 Å². The van der Waals surface area contributed by atoms with E-state index in [1.165, 1.54) is 0 Å². The highest BCUT2D eigenvalue weighted by atomic mass is 31.2. The van der Waals surface area contributed by atoms with Crippen LogP contribution in [-0.2, 0) is 4.57 Å². The zero-order valence-electron chi connectivity index (χ0n) is 6.58. The summed E-state index contributed by atoms with van der Waals surface area (Å²) >= 11 is 0. The van der Waals surface area contributed by atoms with E-state index >= 15 is 0 Å². The molecule has 0 saturated heterocycles. The van der Waals surface area contributed by atoms with Crippen molar-refractivity contribution in [3.05, 3.63) is 0 Å². The number of hydrogen-bond acceptors (Lipinski definition) is 3. The molecule has 11 heavy (non-hydrogen) atoms. The third-order valence-corrected chi connectivity index (χ3v) is 3.73. The highest BCUT2D eigenvalue weighted by Gasteiger charge is 2.13. The lowest BCUT2D eigenvalue weighted by atomic mass is 10.5. The van der Waals surface area contributed by atoms with Crippen LogP contribution in [0.4, 0.5) is 0 Å². The van der Waals surface area contributed by atoms with Crippen LogP contribution < -0.4 is 0 Å². The van der Waals surface area contributed by atoms with E-state index in [2.05, 4.69) is 0 Å². The largest absolute Gasteiger partial charge is 0.324 e. The van der Waals surface area contributed by atoms with Gasteiger partial charge in [0.15, 0.2) is 0 Å². The van der Waals surface area contributed by atoms with Crippen LogP contribution >= 0.6 is 7.14 Å². The summed E-state index contributed by atoms with van der Waals surface area (Å²) in [5, 5.41) is 16.4. The molecule has 0 bridgehead atoms. The standard InChI is InChI=1S/C7H11N2OP/c1-11(10,6-2-4-8)7-3-5-9/h2-3,6-7H2,1H3. The first kappa shape index (κ1) is 10.2. The van der Waals surface area contributed by atoms with Crippen molar-refractivity contribution in [1.82, 2.24) is 0 Å². The molecule has 0 aromatic carbocycles. The zero-order valence-corrected chi connectivity index (χ0v) is 7.47. The molecule has 0 radical (unpaired) electrons. The summed E-state index contributed by atoms with van der Waals surface area (Å²) in [7, 11) is -2.17. The normalized spacial score (nSPS) is 10.1. The van der Waals surface area contributed by atoms with Crippen LogP contribution in [0, 0.1) is 22.7 Å². The fourth-order valence-corrected chi connectivity index (χ4v) is 2.05. The molecule has 0 unspecified atom stereocenters. The summed E-state index contributed by atoms with van der Waals surface area (Å²) in [6.45, 7) is 1.65. The number of nitrogens with zero attached hydrogens (tertiary/aromatic N) is 2. The predicted molar refractivity (Wildman–Crippen MR) is 43.7 cm³/mol. The molecule has 0 fully saturated rings. The topological polar surface area (TPSA) is 64.7 Å². The summed E-state index contributed by atoms with van der Waals surface area (Å²) in [4.78, 5) is 0. The third kappa shape index (κ3) is 5.64. The second-order valence-electron chi connectivity index (χ2n) is 2.56. The first-order chi connectivity index (χ1) is 5.12. The van der Waals surface area contributed by atoms with Gasteiger partial charge in [-0.1, -0.05) is 0 Å². The van der Waals surface area contributed by atoms with E-state index in [1.807, 2.05) is 12.1 Å². The van der Waals surface area contributed by atoms with Crippen molar-refractivity contribution in [2.75, 3.05) is 19.0 Å². The maximum absolute atomic E-state index is 11.4. The molecule has 0 aromatic heterocycles. The van der Waals surface area contributed by atoms with Crippen LogP contribution in [0.25, 0.3) is 0 Å². The fourth-order valence-electron chi connectivity index (χ4n) is 0.685. The summed E-state index contributed by atoms with van der Waals surface area (Å²) in [5.41, 5.74) is 0. The maximum Gasteiger partial charge on any atom is 0.0868 e.